The summed E-state index contributed by atoms with van der Waals surface area (Å²) in [6, 6.07) is 3.15. The summed E-state index contributed by atoms with van der Waals surface area (Å²) in [7, 11) is 4.24. The van der Waals surface area contributed by atoms with E-state index in [1.165, 1.54) is 31.5 Å². The fourth-order valence-electron chi connectivity index (χ4n) is 2.63. The number of aryl methyl sites for hydroxylation is 1. The lowest BCUT2D eigenvalue weighted by atomic mass is 10.0. The largest absolute Gasteiger partial charge is 0.307 e. The van der Waals surface area contributed by atoms with E-state index in [9.17, 15) is 0 Å². The molecule has 1 aliphatic rings. The van der Waals surface area contributed by atoms with Crippen LogP contribution in [0.2, 0.25) is 0 Å². The van der Waals surface area contributed by atoms with Gasteiger partial charge in [-0.3, -0.25) is 4.68 Å². The lowest BCUT2D eigenvalue weighted by Gasteiger charge is -2.33. The van der Waals surface area contributed by atoms with Gasteiger partial charge in [0.2, 0.25) is 0 Å². The van der Waals surface area contributed by atoms with Crippen LogP contribution in [0.3, 0.4) is 0 Å². The van der Waals surface area contributed by atoms with Crippen LogP contribution >= 0.6 is 0 Å². The topological polar surface area (TPSA) is 33.1 Å². The molecule has 4 heteroatoms. The van der Waals surface area contributed by atoms with E-state index < -0.39 is 0 Å². The predicted molar refractivity (Wildman–Crippen MR) is 69.9 cm³/mol. The maximum Gasteiger partial charge on any atom is 0.0547 e. The summed E-state index contributed by atoms with van der Waals surface area (Å²) in [5, 5.41) is 7.84. The van der Waals surface area contributed by atoms with Crippen LogP contribution < -0.4 is 5.32 Å². The summed E-state index contributed by atoms with van der Waals surface area (Å²) in [6.45, 7) is 4.52. The van der Waals surface area contributed by atoms with E-state index in [0.717, 1.165) is 6.54 Å². The van der Waals surface area contributed by atoms with Gasteiger partial charge in [0.15, 0.2) is 0 Å². The van der Waals surface area contributed by atoms with Crippen molar-refractivity contribution in [1.82, 2.24) is 20.0 Å². The van der Waals surface area contributed by atoms with Crippen molar-refractivity contribution in [2.75, 3.05) is 20.1 Å². The highest BCUT2D eigenvalue weighted by Crippen LogP contribution is 2.16. The molecule has 1 N–H and O–H groups in total. The summed E-state index contributed by atoms with van der Waals surface area (Å²) in [6.07, 6.45) is 5.91. The number of rotatable bonds is 4. The first-order chi connectivity index (χ1) is 8.18. The van der Waals surface area contributed by atoms with Crippen molar-refractivity contribution in [2.24, 2.45) is 7.05 Å². The third kappa shape index (κ3) is 3.07. The molecule has 4 nitrogen and oxygen atoms in total. The molecule has 0 spiro atoms. The van der Waals surface area contributed by atoms with Crippen molar-refractivity contribution in [3.05, 3.63) is 18.0 Å². The van der Waals surface area contributed by atoms with Gasteiger partial charge in [0, 0.05) is 31.9 Å². The molecular formula is C13H24N4. The SMILES string of the molecule is CC(NCC1CCCCN1C)c1ccnn1C. The smallest absolute Gasteiger partial charge is 0.0547 e. The second-order valence-electron chi connectivity index (χ2n) is 5.14. The van der Waals surface area contributed by atoms with Crippen LogP contribution in [0, 0.1) is 0 Å². The van der Waals surface area contributed by atoms with Crippen LogP contribution in [0.4, 0.5) is 0 Å². The zero-order valence-corrected chi connectivity index (χ0v) is 11.2. The summed E-state index contributed by atoms with van der Waals surface area (Å²) >= 11 is 0. The number of piperidine rings is 1. The second-order valence-corrected chi connectivity index (χ2v) is 5.14. The number of likely N-dealkylation sites (tertiary alicyclic amines) is 1. The van der Waals surface area contributed by atoms with Crippen LogP contribution in [0.25, 0.3) is 0 Å². The Hall–Kier alpha value is -0.870. The van der Waals surface area contributed by atoms with E-state index >= 15 is 0 Å². The normalized spacial score (nSPS) is 23.8. The molecule has 0 radical (unpaired) electrons. The van der Waals surface area contributed by atoms with Gasteiger partial charge in [-0.15, -0.1) is 0 Å². The summed E-state index contributed by atoms with van der Waals surface area (Å²) in [4.78, 5) is 2.48. The molecule has 0 saturated carbocycles. The molecule has 0 aliphatic carbocycles. The minimum atomic E-state index is 0.373. The van der Waals surface area contributed by atoms with E-state index in [-0.39, 0.29) is 0 Å². The molecule has 2 rings (SSSR count). The Kier molecular flexibility index (Phi) is 4.18. The third-order valence-electron chi connectivity index (χ3n) is 3.88. The Bertz CT molecular complexity index is 347. The summed E-state index contributed by atoms with van der Waals surface area (Å²) in [5.74, 6) is 0. The number of nitrogens with zero attached hydrogens (tertiary/aromatic N) is 3. The van der Waals surface area contributed by atoms with Gasteiger partial charge in [-0.1, -0.05) is 6.42 Å². The monoisotopic (exact) mass is 236 g/mol. The molecular weight excluding hydrogens is 212 g/mol. The molecule has 1 aromatic heterocycles. The highest BCUT2D eigenvalue weighted by Gasteiger charge is 2.19. The average molecular weight is 236 g/mol. The van der Waals surface area contributed by atoms with E-state index in [1.807, 2.05) is 17.9 Å². The third-order valence-corrected chi connectivity index (χ3v) is 3.88. The molecule has 2 atom stereocenters. The number of nitrogens with one attached hydrogen (secondary N) is 1. The standard InChI is InChI=1S/C13H24N4/c1-11(13-7-8-15-17(13)3)14-10-12-6-4-5-9-16(12)2/h7-8,11-12,14H,4-6,9-10H2,1-3H3. The van der Waals surface area contributed by atoms with Gasteiger partial charge in [-0.25, -0.2) is 0 Å². The fourth-order valence-corrected chi connectivity index (χ4v) is 2.63. The van der Waals surface area contributed by atoms with Crippen molar-refractivity contribution in [3.8, 4) is 0 Å². The minimum absolute atomic E-state index is 0.373. The van der Waals surface area contributed by atoms with Gasteiger partial charge in [0.05, 0.1) is 5.69 Å². The van der Waals surface area contributed by atoms with Crippen molar-refractivity contribution in [1.29, 1.82) is 0 Å². The molecule has 1 aliphatic heterocycles. The summed E-state index contributed by atoms with van der Waals surface area (Å²) < 4.78 is 1.95. The first-order valence-electron chi connectivity index (χ1n) is 6.60. The molecule has 2 unspecified atom stereocenters. The first kappa shape index (κ1) is 12.6. The van der Waals surface area contributed by atoms with Crippen molar-refractivity contribution in [2.45, 2.75) is 38.3 Å². The molecule has 2 heterocycles. The fraction of sp³-hybridized carbons (Fsp3) is 0.769. The van der Waals surface area contributed by atoms with Gasteiger partial charge in [0.1, 0.15) is 0 Å². The van der Waals surface area contributed by atoms with Crippen LogP contribution in [0.5, 0.6) is 0 Å². The maximum atomic E-state index is 4.21. The number of hydrogen-bond acceptors (Lipinski definition) is 3. The molecule has 0 bridgehead atoms. The number of aromatic nitrogens is 2. The van der Waals surface area contributed by atoms with Crippen LogP contribution in [-0.2, 0) is 7.05 Å². The Morgan fingerprint density at radius 3 is 2.94 bits per heavy atom. The quantitative estimate of drug-likeness (QED) is 0.861. The van der Waals surface area contributed by atoms with Crippen LogP contribution in [-0.4, -0.2) is 40.9 Å². The van der Waals surface area contributed by atoms with Crippen molar-refractivity contribution in [3.63, 3.8) is 0 Å². The van der Waals surface area contributed by atoms with Crippen molar-refractivity contribution >= 4 is 0 Å². The van der Waals surface area contributed by atoms with Gasteiger partial charge >= 0.3 is 0 Å². The number of likely N-dealkylation sites (N-methyl/N-ethyl adjacent to an activating group) is 1. The van der Waals surface area contributed by atoms with E-state index in [1.54, 1.807) is 0 Å². The molecule has 96 valence electrons. The Balaban J connectivity index is 1.83. The molecule has 1 saturated heterocycles. The molecule has 0 amide bonds. The van der Waals surface area contributed by atoms with Crippen LogP contribution in [0.15, 0.2) is 12.3 Å². The van der Waals surface area contributed by atoms with Gasteiger partial charge < -0.3 is 10.2 Å². The Morgan fingerprint density at radius 2 is 2.29 bits per heavy atom. The lowest BCUT2D eigenvalue weighted by molar-refractivity contribution is 0.178. The highest BCUT2D eigenvalue weighted by atomic mass is 15.3. The molecule has 1 aromatic rings. The van der Waals surface area contributed by atoms with E-state index in [2.05, 4.69) is 35.4 Å². The first-order valence-corrected chi connectivity index (χ1v) is 6.60. The van der Waals surface area contributed by atoms with Crippen LogP contribution in [0.1, 0.15) is 37.9 Å². The Labute approximate surface area is 104 Å². The number of hydrogen-bond donors (Lipinski definition) is 1. The zero-order valence-electron chi connectivity index (χ0n) is 11.2. The molecule has 0 aromatic carbocycles. The zero-order chi connectivity index (χ0) is 12.3. The highest BCUT2D eigenvalue weighted by molar-refractivity contribution is 5.05. The molecule has 1 fully saturated rings. The van der Waals surface area contributed by atoms with Gasteiger partial charge in [0.25, 0.3) is 0 Å². The van der Waals surface area contributed by atoms with E-state index in [4.69, 9.17) is 0 Å². The molecule has 17 heavy (non-hydrogen) atoms. The van der Waals surface area contributed by atoms with Gasteiger partial charge in [-0.05, 0) is 39.4 Å². The maximum absolute atomic E-state index is 4.21. The predicted octanol–water partition coefficient (Wildman–Crippen LogP) is 1.55. The Morgan fingerprint density at radius 1 is 1.47 bits per heavy atom. The van der Waals surface area contributed by atoms with E-state index in [0.29, 0.717) is 12.1 Å². The second kappa shape index (κ2) is 5.65. The minimum Gasteiger partial charge on any atom is -0.307 e. The summed E-state index contributed by atoms with van der Waals surface area (Å²) in [5.41, 5.74) is 1.25. The van der Waals surface area contributed by atoms with Crippen molar-refractivity contribution < 1.29 is 0 Å². The lowest BCUT2D eigenvalue weighted by Crippen LogP contribution is -2.43. The average Bonchev–Trinajstić information content (AvgIpc) is 2.74. The van der Waals surface area contributed by atoms with Gasteiger partial charge in [-0.2, -0.15) is 5.10 Å².